The molecule has 1 amide bonds. The van der Waals surface area contributed by atoms with E-state index in [1.54, 1.807) is 9.58 Å². The van der Waals surface area contributed by atoms with Crippen LogP contribution in [0.2, 0.25) is 5.02 Å². The van der Waals surface area contributed by atoms with Crippen molar-refractivity contribution in [2.75, 3.05) is 26.9 Å². The zero-order chi connectivity index (χ0) is 26.2. The molecule has 0 saturated heterocycles. The molecular weight excluding hydrogens is 488 g/mol. The molecule has 2 aromatic carbocycles. The Morgan fingerprint density at radius 3 is 2.58 bits per heavy atom. The van der Waals surface area contributed by atoms with E-state index < -0.39 is 24.6 Å². The zero-order valence-corrected chi connectivity index (χ0v) is 21.5. The van der Waals surface area contributed by atoms with Crippen LogP contribution in [0.4, 0.5) is 8.78 Å². The van der Waals surface area contributed by atoms with E-state index in [0.717, 1.165) is 5.56 Å². The SMILES string of the molecule is COCC(=O)N(CC[C@H](N)CF)[C@@H](c1nc(-c2cc(Cl)ccc2F)nn1Cc1ccccc1)C(C)C. The number of nitrogens with zero attached hydrogens (tertiary/aromatic N) is 4. The third kappa shape index (κ3) is 6.87. The Balaban J connectivity index is 2.13. The minimum Gasteiger partial charge on any atom is -0.375 e. The Morgan fingerprint density at radius 1 is 1.22 bits per heavy atom. The van der Waals surface area contributed by atoms with Gasteiger partial charge in [0.05, 0.1) is 18.2 Å². The summed E-state index contributed by atoms with van der Waals surface area (Å²) in [5.41, 5.74) is 6.94. The summed E-state index contributed by atoms with van der Waals surface area (Å²) >= 11 is 6.13. The fourth-order valence-electron chi connectivity index (χ4n) is 4.03. The summed E-state index contributed by atoms with van der Waals surface area (Å²) in [6.07, 6.45) is 0.262. The number of nitrogens with two attached hydrogens (primary N) is 1. The predicted octanol–water partition coefficient (Wildman–Crippen LogP) is 4.64. The van der Waals surface area contributed by atoms with Gasteiger partial charge >= 0.3 is 0 Å². The molecule has 1 heterocycles. The van der Waals surface area contributed by atoms with Crippen molar-refractivity contribution in [1.29, 1.82) is 0 Å². The van der Waals surface area contributed by atoms with Gasteiger partial charge in [0, 0.05) is 24.7 Å². The molecule has 3 rings (SSSR count). The van der Waals surface area contributed by atoms with Crippen LogP contribution >= 0.6 is 11.6 Å². The van der Waals surface area contributed by atoms with Gasteiger partial charge in [0.2, 0.25) is 5.91 Å². The van der Waals surface area contributed by atoms with E-state index in [0.29, 0.717) is 17.4 Å². The molecule has 10 heteroatoms. The monoisotopic (exact) mass is 519 g/mol. The molecule has 0 fully saturated rings. The lowest BCUT2D eigenvalue weighted by molar-refractivity contribution is -0.139. The maximum atomic E-state index is 14.7. The van der Waals surface area contributed by atoms with E-state index in [2.05, 4.69) is 5.10 Å². The molecule has 1 aromatic heterocycles. The van der Waals surface area contributed by atoms with Gasteiger partial charge in [0.25, 0.3) is 0 Å². The van der Waals surface area contributed by atoms with Crippen LogP contribution in [0.15, 0.2) is 48.5 Å². The summed E-state index contributed by atoms with van der Waals surface area (Å²) in [5, 5.41) is 4.98. The second-order valence-corrected chi connectivity index (χ2v) is 9.41. The van der Waals surface area contributed by atoms with Crippen LogP contribution in [0.1, 0.15) is 37.7 Å². The number of hydrogen-bond acceptors (Lipinski definition) is 5. The van der Waals surface area contributed by atoms with Crippen molar-refractivity contribution in [3.63, 3.8) is 0 Å². The summed E-state index contributed by atoms with van der Waals surface area (Å²) in [4.78, 5) is 19.5. The van der Waals surface area contributed by atoms with E-state index in [9.17, 15) is 13.6 Å². The van der Waals surface area contributed by atoms with Gasteiger partial charge < -0.3 is 15.4 Å². The molecule has 0 spiro atoms. The van der Waals surface area contributed by atoms with Gasteiger partial charge in [0.15, 0.2) is 11.6 Å². The summed E-state index contributed by atoms with van der Waals surface area (Å²) in [6, 6.07) is 12.6. The predicted molar refractivity (Wildman–Crippen MR) is 136 cm³/mol. The minimum absolute atomic E-state index is 0.108. The number of ether oxygens (including phenoxy) is 1. The fourth-order valence-corrected chi connectivity index (χ4v) is 4.21. The molecule has 2 N–H and O–H groups in total. The van der Waals surface area contributed by atoms with Crippen LogP contribution < -0.4 is 5.73 Å². The molecule has 0 bridgehead atoms. The largest absolute Gasteiger partial charge is 0.375 e. The van der Waals surface area contributed by atoms with E-state index in [4.69, 9.17) is 27.1 Å². The van der Waals surface area contributed by atoms with Crippen molar-refractivity contribution < 1.29 is 18.3 Å². The molecule has 0 saturated carbocycles. The quantitative estimate of drug-likeness (QED) is 0.376. The van der Waals surface area contributed by atoms with E-state index >= 15 is 0 Å². The smallest absolute Gasteiger partial charge is 0.249 e. The minimum atomic E-state index is -0.700. The van der Waals surface area contributed by atoms with Gasteiger partial charge in [-0.25, -0.2) is 18.4 Å². The number of carbonyl (C=O) groups is 1. The molecule has 3 aromatic rings. The van der Waals surface area contributed by atoms with Gasteiger partial charge in [-0.15, -0.1) is 0 Å². The maximum absolute atomic E-state index is 14.7. The highest BCUT2D eigenvalue weighted by molar-refractivity contribution is 6.30. The number of benzene rings is 2. The summed E-state index contributed by atoms with van der Waals surface area (Å²) in [7, 11) is 1.44. The first-order valence-corrected chi connectivity index (χ1v) is 12.2. The lowest BCUT2D eigenvalue weighted by atomic mass is 10.00. The summed E-state index contributed by atoms with van der Waals surface area (Å²) in [6.45, 7) is 3.61. The van der Waals surface area contributed by atoms with Gasteiger partial charge in [-0.05, 0) is 36.1 Å². The molecule has 0 unspecified atom stereocenters. The summed E-state index contributed by atoms with van der Waals surface area (Å²) in [5.74, 6) is -0.270. The Labute approximate surface area is 215 Å². The zero-order valence-electron chi connectivity index (χ0n) is 20.7. The first-order chi connectivity index (χ1) is 17.2. The van der Waals surface area contributed by atoms with Crippen molar-refractivity contribution in [3.05, 3.63) is 70.8 Å². The highest BCUT2D eigenvalue weighted by atomic mass is 35.5. The van der Waals surface area contributed by atoms with E-state index in [1.165, 1.54) is 25.3 Å². The number of alkyl halides is 1. The fraction of sp³-hybridized carbons (Fsp3) is 0.423. The molecule has 194 valence electrons. The molecule has 36 heavy (non-hydrogen) atoms. The number of aromatic nitrogens is 3. The molecule has 7 nitrogen and oxygen atoms in total. The van der Waals surface area contributed by atoms with Crippen LogP contribution in [-0.4, -0.2) is 58.5 Å². The molecule has 0 radical (unpaired) electrons. The summed E-state index contributed by atoms with van der Waals surface area (Å²) < 4.78 is 34.6. The van der Waals surface area contributed by atoms with Gasteiger partial charge in [-0.3, -0.25) is 4.79 Å². The average molecular weight is 520 g/mol. The third-order valence-electron chi connectivity index (χ3n) is 5.80. The highest BCUT2D eigenvalue weighted by Crippen LogP contribution is 2.32. The van der Waals surface area contributed by atoms with Crippen molar-refractivity contribution in [2.45, 2.75) is 38.9 Å². The number of carbonyl (C=O) groups excluding carboxylic acids is 1. The van der Waals surface area contributed by atoms with Crippen LogP contribution in [0.25, 0.3) is 11.4 Å². The number of hydrogen-bond donors (Lipinski definition) is 1. The topological polar surface area (TPSA) is 86.3 Å². The molecule has 2 atom stereocenters. The highest BCUT2D eigenvalue weighted by Gasteiger charge is 2.33. The maximum Gasteiger partial charge on any atom is 0.249 e. The van der Waals surface area contributed by atoms with Crippen molar-refractivity contribution in [2.24, 2.45) is 11.7 Å². The lowest BCUT2D eigenvalue weighted by Gasteiger charge is -2.34. The first-order valence-electron chi connectivity index (χ1n) is 11.8. The Morgan fingerprint density at radius 2 is 1.94 bits per heavy atom. The second-order valence-electron chi connectivity index (χ2n) is 8.97. The number of amides is 1. The van der Waals surface area contributed by atoms with Gasteiger partial charge in [-0.1, -0.05) is 55.8 Å². The Kier molecular flexibility index (Phi) is 9.92. The molecular formula is C26H32ClF2N5O2. The van der Waals surface area contributed by atoms with Gasteiger partial charge in [-0.2, -0.15) is 5.10 Å². The standard InChI is InChI=1S/C26H32ClF2N5O2/c1-17(2)24(33(23(35)16-36-3)12-11-20(30)14-28)26-31-25(21-13-19(27)9-10-22(21)29)32-34(26)15-18-7-5-4-6-8-18/h4-10,13,17,20,24H,11-12,14-16,30H2,1-3H3/t20-,24+/m0/s1. The number of rotatable bonds is 12. The lowest BCUT2D eigenvalue weighted by Crippen LogP contribution is -2.43. The van der Waals surface area contributed by atoms with Crippen LogP contribution in [0.5, 0.6) is 0 Å². The Hall–Kier alpha value is -2.88. The second kappa shape index (κ2) is 12.9. The molecule has 0 aliphatic heterocycles. The van der Waals surface area contributed by atoms with Gasteiger partial charge in [0.1, 0.15) is 19.1 Å². The number of methoxy groups -OCH3 is 1. The van der Waals surface area contributed by atoms with Crippen LogP contribution in [0, 0.1) is 11.7 Å². The average Bonchev–Trinajstić information content (AvgIpc) is 3.26. The molecule has 0 aliphatic rings. The van der Waals surface area contributed by atoms with Crippen molar-refractivity contribution in [1.82, 2.24) is 19.7 Å². The first kappa shape index (κ1) is 27.7. The molecule has 0 aliphatic carbocycles. The third-order valence-corrected chi connectivity index (χ3v) is 6.04. The van der Waals surface area contributed by atoms with E-state index in [-0.39, 0.29) is 42.8 Å². The van der Waals surface area contributed by atoms with Crippen LogP contribution in [-0.2, 0) is 16.1 Å². The van der Waals surface area contributed by atoms with E-state index in [1.807, 2.05) is 44.2 Å². The van der Waals surface area contributed by atoms with Crippen molar-refractivity contribution >= 4 is 17.5 Å². The van der Waals surface area contributed by atoms with Crippen molar-refractivity contribution in [3.8, 4) is 11.4 Å². The normalized spacial score (nSPS) is 13.1. The number of halogens is 3. The Bertz CT molecular complexity index is 1140. The van der Waals surface area contributed by atoms with Crippen LogP contribution in [0.3, 0.4) is 0 Å².